The molecule has 0 atom stereocenters. The molecule has 19 heavy (non-hydrogen) atoms. The molecule has 0 saturated heterocycles. The zero-order valence-electron chi connectivity index (χ0n) is 11.2. The molecule has 0 spiro atoms. The minimum absolute atomic E-state index is 0.388. The normalized spacial score (nSPS) is 10.5. The Labute approximate surface area is 118 Å². The predicted octanol–water partition coefficient (Wildman–Crippen LogP) is 2.95. The third-order valence-corrected chi connectivity index (χ3v) is 3.12. The smallest absolute Gasteiger partial charge is 0.151 e. The molecule has 0 saturated carbocycles. The van der Waals surface area contributed by atoms with E-state index in [4.69, 9.17) is 11.6 Å². The molecule has 0 aliphatic heterocycles. The number of nitrogens with zero attached hydrogens (tertiary/aromatic N) is 4. The highest BCUT2D eigenvalue weighted by Gasteiger charge is 2.08. The summed E-state index contributed by atoms with van der Waals surface area (Å²) in [6, 6.07) is 9.89. The van der Waals surface area contributed by atoms with E-state index in [2.05, 4.69) is 27.0 Å². The van der Waals surface area contributed by atoms with Gasteiger partial charge in [-0.25, -0.2) is 0 Å². The first-order valence-corrected chi connectivity index (χ1v) is 6.82. The summed E-state index contributed by atoms with van der Waals surface area (Å²) in [6.45, 7) is 5.67. The Morgan fingerprint density at radius 2 is 1.95 bits per heavy atom. The third kappa shape index (κ3) is 3.64. The third-order valence-electron chi connectivity index (χ3n) is 2.85. The Balaban J connectivity index is 2.15. The molecular weight excluding hydrogens is 260 g/mol. The first-order chi connectivity index (χ1) is 9.22. The van der Waals surface area contributed by atoms with E-state index < -0.39 is 0 Å². The molecule has 2 heterocycles. The minimum atomic E-state index is 0.388. The van der Waals surface area contributed by atoms with Crippen molar-refractivity contribution >= 4 is 17.4 Å². The van der Waals surface area contributed by atoms with E-state index in [1.54, 1.807) is 0 Å². The van der Waals surface area contributed by atoms with Gasteiger partial charge in [-0.2, -0.15) is 5.10 Å². The van der Waals surface area contributed by atoms with Crippen LogP contribution in [0.2, 0.25) is 0 Å². The quantitative estimate of drug-likeness (QED) is 0.788. The van der Waals surface area contributed by atoms with Gasteiger partial charge >= 0.3 is 0 Å². The van der Waals surface area contributed by atoms with Crippen LogP contribution >= 0.6 is 11.6 Å². The largest absolute Gasteiger partial charge is 0.350 e. The lowest BCUT2D eigenvalue weighted by Gasteiger charge is -2.21. The summed E-state index contributed by atoms with van der Waals surface area (Å²) in [7, 11) is 0. The van der Waals surface area contributed by atoms with Crippen molar-refractivity contribution in [2.45, 2.75) is 26.3 Å². The Morgan fingerprint density at radius 1 is 1.11 bits per heavy atom. The number of hydrogen-bond acceptors (Lipinski definition) is 4. The zero-order chi connectivity index (χ0) is 13.7. The standard InChI is InChI=1S/C14H17ClN4/c1-3-19(10-13-6-4-5-11(2)16-13)14-8-7-12(9-15)17-18-14/h4-8H,3,9-10H2,1-2H3. The maximum absolute atomic E-state index is 5.71. The zero-order valence-corrected chi connectivity index (χ0v) is 11.9. The lowest BCUT2D eigenvalue weighted by molar-refractivity contribution is 0.772. The van der Waals surface area contributed by atoms with Crippen LogP contribution in [0.15, 0.2) is 30.3 Å². The fourth-order valence-corrected chi connectivity index (χ4v) is 1.97. The van der Waals surface area contributed by atoms with Crippen LogP contribution in [0, 0.1) is 6.92 Å². The van der Waals surface area contributed by atoms with Crippen molar-refractivity contribution in [2.75, 3.05) is 11.4 Å². The molecule has 2 aromatic rings. The summed E-state index contributed by atoms with van der Waals surface area (Å²) in [6.07, 6.45) is 0. The van der Waals surface area contributed by atoms with E-state index in [9.17, 15) is 0 Å². The Hall–Kier alpha value is -1.68. The van der Waals surface area contributed by atoms with Crippen LogP contribution in [-0.2, 0) is 12.4 Å². The highest BCUT2D eigenvalue weighted by molar-refractivity contribution is 6.16. The van der Waals surface area contributed by atoms with Gasteiger partial charge in [-0.1, -0.05) is 6.07 Å². The molecule has 2 rings (SSSR count). The van der Waals surface area contributed by atoms with E-state index in [1.165, 1.54) is 0 Å². The predicted molar refractivity (Wildman–Crippen MR) is 77.3 cm³/mol. The number of anilines is 1. The summed E-state index contributed by atoms with van der Waals surface area (Å²) in [5, 5.41) is 8.28. The van der Waals surface area contributed by atoms with Crippen molar-refractivity contribution in [3.63, 3.8) is 0 Å². The number of alkyl halides is 1. The summed E-state index contributed by atoms with van der Waals surface area (Å²) in [5.74, 6) is 1.23. The molecule has 0 fully saturated rings. The molecule has 2 aromatic heterocycles. The van der Waals surface area contributed by atoms with Gasteiger partial charge in [-0.05, 0) is 38.1 Å². The molecule has 0 aliphatic carbocycles. The molecular formula is C14H17ClN4. The molecule has 0 radical (unpaired) electrons. The number of pyridine rings is 1. The number of aryl methyl sites for hydroxylation is 1. The van der Waals surface area contributed by atoms with E-state index in [0.717, 1.165) is 36.0 Å². The second kappa shape index (κ2) is 6.48. The van der Waals surface area contributed by atoms with Gasteiger partial charge in [0.1, 0.15) is 0 Å². The molecule has 0 N–H and O–H groups in total. The minimum Gasteiger partial charge on any atom is -0.350 e. The van der Waals surface area contributed by atoms with Crippen LogP contribution in [0.3, 0.4) is 0 Å². The van der Waals surface area contributed by atoms with Gasteiger partial charge in [-0.3, -0.25) is 4.98 Å². The van der Waals surface area contributed by atoms with E-state index in [-0.39, 0.29) is 0 Å². The Morgan fingerprint density at radius 3 is 2.53 bits per heavy atom. The first kappa shape index (κ1) is 13.7. The van der Waals surface area contributed by atoms with E-state index >= 15 is 0 Å². The second-order valence-electron chi connectivity index (χ2n) is 4.30. The van der Waals surface area contributed by atoms with Crippen LogP contribution in [0.4, 0.5) is 5.82 Å². The second-order valence-corrected chi connectivity index (χ2v) is 4.57. The van der Waals surface area contributed by atoms with Gasteiger partial charge in [0, 0.05) is 12.2 Å². The number of aromatic nitrogens is 3. The van der Waals surface area contributed by atoms with Crippen LogP contribution in [0.5, 0.6) is 0 Å². The van der Waals surface area contributed by atoms with Crippen molar-refractivity contribution in [1.82, 2.24) is 15.2 Å². The molecule has 5 heteroatoms. The van der Waals surface area contributed by atoms with Crippen LogP contribution < -0.4 is 4.90 Å². The monoisotopic (exact) mass is 276 g/mol. The van der Waals surface area contributed by atoms with E-state index in [1.807, 2.05) is 37.3 Å². The first-order valence-electron chi connectivity index (χ1n) is 6.29. The fraction of sp³-hybridized carbons (Fsp3) is 0.357. The molecule has 0 aromatic carbocycles. The van der Waals surface area contributed by atoms with Gasteiger partial charge in [0.2, 0.25) is 0 Å². The number of halogens is 1. The van der Waals surface area contributed by atoms with Gasteiger partial charge in [0.05, 0.1) is 23.8 Å². The maximum Gasteiger partial charge on any atom is 0.151 e. The lowest BCUT2D eigenvalue weighted by atomic mass is 10.3. The summed E-state index contributed by atoms with van der Waals surface area (Å²) < 4.78 is 0. The molecule has 4 nitrogen and oxygen atoms in total. The van der Waals surface area contributed by atoms with Gasteiger partial charge < -0.3 is 4.90 Å². The lowest BCUT2D eigenvalue weighted by Crippen LogP contribution is -2.24. The Bertz CT molecular complexity index is 527. The van der Waals surface area contributed by atoms with Crippen molar-refractivity contribution in [3.8, 4) is 0 Å². The SMILES string of the molecule is CCN(Cc1cccc(C)n1)c1ccc(CCl)nn1. The molecule has 0 aliphatic rings. The molecule has 0 unspecified atom stereocenters. The highest BCUT2D eigenvalue weighted by Crippen LogP contribution is 2.13. The number of rotatable bonds is 5. The average molecular weight is 277 g/mol. The maximum atomic E-state index is 5.71. The molecule has 0 amide bonds. The van der Waals surface area contributed by atoms with Crippen molar-refractivity contribution in [3.05, 3.63) is 47.4 Å². The van der Waals surface area contributed by atoms with Gasteiger partial charge in [-0.15, -0.1) is 16.7 Å². The van der Waals surface area contributed by atoms with Crippen molar-refractivity contribution < 1.29 is 0 Å². The van der Waals surface area contributed by atoms with Gasteiger partial charge in [0.15, 0.2) is 5.82 Å². The van der Waals surface area contributed by atoms with Crippen molar-refractivity contribution in [2.24, 2.45) is 0 Å². The van der Waals surface area contributed by atoms with Crippen LogP contribution in [-0.4, -0.2) is 21.7 Å². The highest BCUT2D eigenvalue weighted by atomic mass is 35.5. The van der Waals surface area contributed by atoms with Crippen LogP contribution in [0.25, 0.3) is 0 Å². The topological polar surface area (TPSA) is 41.9 Å². The molecule has 100 valence electrons. The van der Waals surface area contributed by atoms with Crippen LogP contribution in [0.1, 0.15) is 24.0 Å². The van der Waals surface area contributed by atoms with E-state index in [0.29, 0.717) is 5.88 Å². The Kier molecular flexibility index (Phi) is 4.68. The summed E-state index contributed by atoms with van der Waals surface area (Å²) >= 11 is 5.71. The summed E-state index contributed by atoms with van der Waals surface area (Å²) in [4.78, 5) is 6.64. The average Bonchev–Trinajstić information content (AvgIpc) is 2.45. The van der Waals surface area contributed by atoms with Crippen molar-refractivity contribution in [1.29, 1.82) is 0 Å². The summed E-state index contributed by atoms with van der Waals surface area (Å²) in [5.41, 5.74) is 2.84. The molecule has 0 bridgehead atoms. The van der Waals surface area contributed by atoms with Gasteiger partial charge in [0.25, 0.3) is 0 Å². The fourth-order valence-electron chi connectivity index (χ4n) is 1.83. The number of hydrogen-bond donors (Lipinski definition) is 0.